The molecule has 0 spiro atoms. The molecule has 5 atom stereocenters. The molecule has 0 amide bonds. The first kappa shape index (κ1) is 17.1. The zero-order valence-electron chi connectivity index (χ0n) is 14.9. The first-order valence-corrected chi connectivity index (χ1v) is 9.43. The monoisotopic (exact) mass is 382 g/mol. The van der Waals surface area contributed by atoms with Crippen molar-refractivity contribution in [3.05, 3.63) is 11.3 Å². The van der Waals surface area contributed by atoms with Crippen LogP contribution in [0.1, 0.15) is 31.0 Å². The highest BCUT2D eigenvalue weighted by molar-refractivity contribution is 5.68. The molecule has 1 aromatic heterocycles. The minimum Gasteiger partial charge on any atom is -0.481 e. The Morgan fingerprint density at radius 3 is 2.56 bits per heavy atom. The van der Waals surface area contributed by atoms with Gasteiger partial charge in [-0.2, -0.15) is 13.8 Å². The molecular weight excluding hydrogens is 361 g/mol. The highest BCUT2D eigenvalue weighted by Gasteiger charge is 2.57. The van der Waals surface area contributed by atoms with Crippen LogP contribution in [-0.4, -0.2) is 52.9 Å². The number of halogens is 3. The maximum absolute atomic E-state index is 14.4. The van der Waals surface area contributed by atoms with Crippen molar-refractivity contribution >= 4 is 17.7 Å². The zero-order chi connectivity index (χ0) is 19.1. The smallest absolute Gasteiger partial charge is 0.303 e. The molecule has 1 saturated carbocycles. The molecule has 2 saturated heterocycles. The maximum atomic E-state index is 14.4. The average molecular weight is 382 g/mol. The summed E-state index contributed by atoms with van der Waals surface area (Å²) in [6.45, 7) is 3.09. The number of alkyl halides is 3. The second kappa shape index (κ2) is 5.48. The molecule has 1 aromatic rings. The van der Waals surface area contributed by atoms with E-state index in [0.717, 1.165) is 0 Å². The van der Waals surface area contributed by atoms with E-state index >= 15 is 0 Å². The van der Waals surface area contributed by atoms with Crippen molar-refractivity contribution in [3.63, 3.8) is 0 Å². The van der Waals surface area contributed by atoms with Crippen molar-refractivity contribution in [1.29, 1.82) is 0 Å². The normalized spacial score (nSPS) is 35.6. The van der Waals surface area contributed by atoms with Gasteiger partial charge >= 0.3 is 5.97 Å². The van der Waals surface area contributed by atoms with Gasteiger partial charge in [0.2, 0.25) is 5.95 Å². The molecule has 0 bridgehead atoms. The third-order valence-electron chi connectivity index (χ3n) is 6.73. The van der Waals surface area contributed by atoms with Crippen molar-refractivity contribution in [3.8, 4) is 0 Å². The number of carboxylic acid groups (broad SMARTS) is 1. The Balaban J connectivity index is 1.45. The summed E-state index contributed by atoms with van der Waals surface area (Å²) >= 11 is 0. The van der Waals surface area contributed by atoms with Crippen LogP contribution >= 0.6 is 0 Å². The topological polar surface area (TPSA) is 69.6 Å². The minimum atomic E-state index is -2.99. The van der Waals surface area contributed by atoms with Crippen LogP contribution in [0, 0.1) is 17.8 Å². The standard InChI is InChI=1S/C18H21F3N4O2/c1-8-13(19)7-25(8)17-22-15-9(2-3-18(15,20)21)16(23-17)24-5-11-10(4-14(26)27)12(11)6-24/h8,10-13H,2-7H2,1H3,(H,26,27)/t8-,10-,11-,12+,13?/m1/s1. The second-order valence-corrected chi connectivity index (χ2v) is 8.28. The summed E-state index contributed by atoms with van der Waals surface area (Å²) in [7, 11) is 0. The number of nitrogens with zero attached hydrogens (tertiary/aromatic N) is 4. The predicted molar refractivity (Wildman–Crippen MR) is 90.9 cm³/mol. The van der Waals surface area contributed by atoms with Crippen LogP contribution < -0.4 is 9.80 Å². The Morgan fingerprint density at radius 2 is 1.96 bits per heavy atom. The van der Waals surface area contributed by atoms with Crippen LogP contribution in [0.5, 0.6) is 0 Å². The summed E-state index contributed by atoms with van der Waals surface area (Å²) < 4.78 is 42.3. The Bertz CT molecular complexity index is 808. The van der Waals surface area contributed by atoms with Gasteiger partial charge in [0.1, 0.15) is 17.7 Å². The van der Waals surface area contributed by atoms with Crippen LogP contribution in [0.15, 0.2) is 0 Å². The van der Waals surface area contributed by atoms with Crippen LogP contribution in [0.4, 0.5) is 24.9 Å². The fraction of sp³-hybridized carbons (Fsp3) is 0.722. The summed E-state index contributed by atoms with van der Waals surface area (Å²) in [5.41, 5.74) is 0.268. The van der Waals surface area contributed by atoms with Crippen LogP contribution in [0.25, 0.3) is 0 Å². The molecule has 27 heavy (non-hydrogen) atoms. The van der Waals surface area contributed by atoms with E-state index in [2.05, 4.69) is 9.97 Å². The number of hydrogen-bond acceptors (Lipinski definition) is 5. The Kier molecular flexibility index (Phi) is 3.46. The number of carbonyl (C=O) groups is 1. The van der Waals surface area contributed by atoms with Crippen molar-refractivity contribution < 1.29 is 23.1 Å². The van der Waals surface area contributed by atoms with Gasteiger partial charge in [-0.25, -0.2) is 9.37 Å². The molecule has 3 fully saturated rings. The molecular formula is C18H21F3N4O2. The number of hydrogen-bond donors (Lipinski definition) is 1. The number of carboxylic acids is 1. The molecule has 3 heterocycles. The summed E-state index contributed by atoms with van der Waals surface area (Å²) in [5.74, 6) is -2.32. The fourth-order valence-electron chi connectivity index (χ4n) is 4.94. The molecule has 0 aromatic carbocycles. The van der Waals surface area contributed by atoms with Gasteiger partial charge in [-0.3, -0.25) is 4.79 Å². The number of rotatable bonds is 4. The van der Waals surface area contributed by atoms with Gasteiger partial charge in [0.05, 0.1) is 12.6 Å². The fourth-order valence-corrected chi connectivity index (χ4v) is 4.94. The summed E-state index contributed by atoms with van der Waals surface area (Å²) in [6.07, 6.45) is -0.889. The lowest BCUT2D eigenvalue weighted by Crippen LogP contribution is -2.57. The molecule has 6 nitrogen and oxygen atoms in total. The molecule has 2 aliphatic carbocycles. The van der Waals surface area contributed by atoms with E-state index < -0.39 is 24.1 Å². The van der Waals surface area contributed by atoms with E-state index in [-0.39, 0.29) is 55.2 Å². The van der Waals surface area contributed by atoms with Crippen molar-refractivity contribution in [2.24, 2.45) is 17.8 Å². The van der Waals surface area contributed by atoms with Crippen LogP contribution in [0.3, 0.4) is 0 Å². The Labute approximate surface area is 154 Å². The van der Waals surface area contributed by atoms with Gasteiger partial charge in [-0.1, -0.05) is 0 Å². The van der Waals surface area contributed by atoms with E-state index in [0.29, 0.717) is 24.5 Å². The maximum Gasteiger partial charge on any atom is 0.303 e. The quantitative estimate of drug-likeness (QED) is 0.861. The Hall–Kier alpha value is -2.06. The molecule has 1 unspecified atom stereocenters. The van der Waals surface area contributed by atoms with Crippen LogP contribution in [-0.2, 0) is 17.1 Å². The van der Waals surface area contributed by atoms with Gasteiger partial charge in [-0.05, 0) is 31.1 Å². The summed E-state index contributed by atoms with van der Waals surface area (Å²) in [4.78, 5) is 23.2. The summed E-state index contributed by atoms with van der Waals surface area (Å²) in [5, 5.41) is 8.97. The number of fused-ring (bicyclic) bond motifs is 2. The first-order valence-electron chi connectivity index (χ1n) is 9.43. The van der Waals surface area contributed by atoms with Crippen molar-refractivity contribution in [1.82, 2.24) is 9.97 Å². The highest BCUT2D eigenvalue weighted by Crippen LogP contribution is 2.55. The number of piperidine rings is 1. The number of anilines is 2. The van der Waals surface area contributed by atoms with E-state index in [9.17, 15) is 18.0 Å². The molecule has 146 valence electrons. The lowest BCUT2D eigenvalue weighted by molar-refractivity contribution is -0.137. The van der Waals surface area contributed by atoms with E-state index in [1.807, 2.05) is 4.90 Å². The third-order valence-corrected chi connectivity index (χ3v) is 6.73. The van der Waals surface area contributed by atoms with E-state index in [1.54, 1.807) is 11.8 Å². The van der Waals surface area contributed by atoms with Gasteiger partial charge in [0.25, 0.3) is 5.92 Å². The lowest BCUT2D eigenvalue weighted by Gasteiger charge is -2.42. The molecule has 2 aliphatic heterocycles. The third kappa shape index (κ3) is 2.50. The van der Waals surface area contributed by atoms with Crippen molar-refractivity contribution in [2.75, 3.05) is 29.4 Å². The predicted octanol–water partition coefficient (Wildman–Crippen LogP) is 2.22. The first-order chi connectivity index (χ1) is 12.8. The largest absolute Gasteiger partial charge is 0.481 e. The van der Waals surface area contributed by atoms with E-state index in [4.69, 9.17) is 5.11 Å². The molecule has 0 radical (unpaired) electrons. The summed E-state index contributed by atoms with van der Waals surface area (Å²) in [6, 6.07) is -0.419. The Morgan fingerprint density at radius 1 is 1.26 bits per heavy atom. The minimum absolute atomic E-state index is 0.122. The second-order valence-electron chi connectivity index (χ2n) is 8.28. The average Bonchev–Trinajstić information content (AvgIpc) is 2.96. The van der Waals surface area contributed by atoms with Crippen molar-refractivity contribution in [2.45, 2.75) is 44.3 Å². The van der Waals surface area contributed by atoms with Gasteiger partial charge < -0.3 is 14.9 Å². The number of aromatic nitrogens is 2. The number of aliphatic carboxylic acids is 1. The van der Waals surface area contributed by atoms with Crippen LogP contribution in [0.2, 0.25) is 0 Å². The molecule has 5 rings (SSSR count). The molecule has 9 heteroatoms. The molecule has 4 aliphatic rings. The SMILES string of the molecule is C[C@@H]1C(F)CN1c1nc(N2C[C@@H]3[C@@H](CC(=O)O)[C@@H]3C2)c2c(n1)C(F)(F)CC2. The molecule has 1 N–H and O–H groups in total. The van der Waals surface area contributed by atoms with Gasteiger partial charge in [0.15, 0.2) is 0 Å². The highest BCUT2D eigenvalue weighted by atomic mass is 19.3. The lowest BCUT2D eigenvalue weighted by atomic mass is 10.0. The van der Waals surface area contributed by atoms with Gasteiger partial charge in [0, 0.05) is 31.5 Å². The van der Waals surface area contributed by atoms with Gasteiger partial charge in [-0.15, -0.1) is 0 Å². The van der Waals surface area contributed by atoms with E-state index in [1.165, 1.54) is 0 Å². The zero-order valence-corrected chi connectivity index (χ0v) is 14.9.